The summed E-state index contributed by atoms with van der Waals surface area (Å²) in [4.78, 5) is 8.24. The van der Waals surface area contributed by atoms with Gasteiger partial charge in [-0.2, -0.15) is 0 Å². The van der Waals surface area contributed by atoms with Gasteiger partial charge in [0.1, 0.15) is 5.82 Å². The summed E-state index contributed by atoms with van der Waals surface area (Å²) in [5.41, 5.74) is 5.44. The van der Waals surface area contributed by atoms with Gasteiger partial charge in [0, 0.05) is 33.1 Å². The molecule has 0 unspecified atom stereocenters. The van der Waals surface area contributed by atoms with Gasteiger partial charge in [-0.05, 0) is 35.9 Å². The Morgan fingerprint density at radius 2 is 1.67 bits per heavy atom. The molecule has 0 radical (unpaired) electrons. The molecule has 0 saturated carbocycles. The number of halogens is 2. The van der Waals surface area contributed by atoms with Gasteiger partial charge >= 0.3 is 0 Å². The van der Waals surface area contributed by atoms with E-state index in [2.05, 4.69) is 4.98 Å². The number of rotatable bonds is 2. The van der Waals surface area contributed by atoms with Crippen LogP contribution in [0.1, 0.15) is 0 Å². The number of aromatic amines is 1. The molecule has 4 heteroatoms. The van der Waals surface area contributed by atoms with Gasteiger partial charge in [0.2, 0.25) is 0 Å². The van der Waals surface area contributed by atoms with E-state index in [1.165, 1.54) is 6.07 Å². The highest BCUT2D eigenvalue weighted by Crippen LogP contribution is 2.38. The van der Waals surface area contributed by atoms with Crippen LogP contribution >= 0.6 is 11.6 Å². The number of H-pyrrole nitrogens is 1. The number of hydrogen-bond donors (Lipinski definition) is 1. The first-order valence-electron chi connectivity index (χ1n) is 8.62. The van der Waals surface area contributed by atoms with E-state index in [1.54, 1.807) is 12.1 Å². The minimum atomic E-state index is -0.252. The predicted octanol–water partition coefficient (Wildman–Crippen LogP) is 6.84. The first-order valence-corrected chi connectivity index (χ1v) is 9.00. The van der Waals surface area contributed by atoms with Crippen molar-refractivity contribution in [2.24, 2.45) is 0 Å². The molecule has 0 aliphatic heterocycles. The second-order valence-electron chi connectivity index (χ2n) is 6.45. The minimum Gasteiger partial charge on any atom is -0.359 e. The molecule has 2 heterocycles. The monoisotopic (exact) mass is 372 g/mol. The van der Waals surface area contributed by atoms with Crippen molar-refractivity contribution in [1.82, 2.24) is 9.97 Å². The van der Waals surface area contributed by atoms with Gasteiger partial charge in [-0.3, -0.25) is 0 Å². The van der Waals surface area contributed by atoms with E-state index in [9.17, 15) is 4.39 Å². The number of hydrogen-bond acceptors (Lipinski definition) is 1. The Labute approximate surface area is 160 Å². The van der Waals surface area contributed by atoms with Crippen molar-refractivity contribution < 1.29 is 4.39 Å². The second kappa shape index (κ2) is 6.22. The summed E-state index contributed by atoms with van der Waals surface area (Å²) in [5, 5.41) is 2.75. The second-order valence-corrected chi connectivity index (χ2v) is 6.88. The molecule has 0 saturated heterocycles. The minimum absolute atomic E-state index is 0.252. The van der Waals surface area contributed by atoms with E-state index in [-0.39, 0.29) is 5.82 Å². The Morgan fingerprint density at radius 1 is 0.852 bits per heavy atom. The van der Waals surface area contributed by atoms with Crippen molar-refractivity contribution in [3.63, 3.8) is 0 Å². The van der Waals surface area contributed by atoms with Gasteiger partial charge in [0.05, 0.1) is 16.7 Å². The third kappa shape index (κ3) is 2.68. The van der Waals surface area contributed by atoms with Gasteiger partial charge in [-0.25, -0.2) is 9.37 Å². The van der Waals surface area contributed by atoms with Crippen LogP contribution in [0.25, 0.3) is 44.2 Å². The van der Waals surface area contributed by atoms with E-state index >= 15 is 0 Å². The number of pyridine rings is 1. The fourth-order valence-corrected chi connectivity index (χ4v) is 3.68. The smallest absolute Gasteiger partial charge is 0.123 e. The lowest BCUT2D eigenvalue weighted by molar-refractivity contribution is 0.628. The quantitative estimate of drug-likeness (QED) is 0.361. The van der Waals surface area contributed by atoms with Gasteiger partial charge in [-0.1, -0.05) is 54.1 Å². The molecular weight excluding hydrogens is 359 g/mol. The number of aromatic nitrogens is 2. The number of fused-ring (bicyclic) bond motifs is 3. The lowest BCUT2D eigenvalue weighted by Gasteiger charge is -2.09. The van der Waals surface area contributed by atoms with Crippen molar-refractivity contribution in [1.29, 1.82) is 0 Å². The number of benzene rings is 3. The highest BCUT2D eigenvalue weighted by atomic mass is 35.5. The van der Waals surface area contributed by atoms with Crippen LogP contribution in [0.5, 0.6) is 0 Å². The molecule has 0 aliphatic carbocycles. The topological polar surface area (TPSA) is 28.7 Å². The van der Waals surface area contributed by atoms with Crippen LogP contribution in [0.3, 0.4) is 0 Å². The molecule has 5 rings (SSSR count). The molecule has 1 N–H and O–H groups in total. The SMILES string of the molecule is Fc1cccc(-c2c[nH]c3c(-c4ccc(Cl)cc4)nc4ccccc4c23)c1. The molecule has 5 aromatic rings. The summed E-state index contributed by atoms with van der Waals surface area (Å²) in [6, 6.07) is 22.3. The average Bonchev–Trinajstić information content (AvgIpc) is 3.14. The standard InChI is InChI=1S/C23H14ClFN2/c24-16-10-8-14(9-11-16)22-23-21(18-6-1-2-7-20(18)27-22)19(13-26-23)15-4-3-5-17(25)12-15/h1-13,26H. The Morgan fingerprint density at radius 3 is 2.48 bits per heavy atom. The molecule has 0 spiro atoms. The molecule has 0 atom stereocenters. The highest BCUT2D eigenvalue weighted by molar-refractivity contribution is 6.30. The molecule has 130 valence electrons. The summed E-state index contributed by atoms with van der Waals surface area (Å²) >= 11 is 6.05. The number of nitrogens with one attached hydrogen (secondary N) is 1. The summed E-state index contributed by atoms with van der Waals surface area (Å²) in [6.07, 6.45) is 1.92. The zero-order chi connectivity index (χ0) is 18.4. The van der Waals surface area contributed by atoms with Gasteiger partial charge in [-0.15, -0.1) is 0 Å². The summed E-state index contributed by atoms with van der Waals surface area (Å²) in [6.45, 7) is 0. The Kier molecular flexibility index (Phi) is 3.69. The van der Waals surface area contributed by atoms with Crippen molar-refractivity contribution in [2.45, 2.75) is 0 Å². The summed E-state index contributed by atoms with van der Waals surface area (Å²) in [5.74, 6) is -0.252. The highest BCUT2D eigenvalue weighted by Gasteiger charge is 2.16. The van der Waals surface area contributed by atoms with E-state index in [0.717, 1.165) is 44.2 Å². The Balaban J connectivity index is 1.89. The zero-order valence-electron chi connectivity index (χ0n) is 14.2. The normalized spacial score (nSPS) is 11.3. The van der Waals surface area contributed by atoms with E-state index < -0.39 is 0 Å². The lowest BCUT2D eigenvalue weighted by atomic mass is 9.99. The first kappa shape index (κ1) is 16.0. The zero-order valence-corrected chi connectivity index (χ0v) is 15.0. The predicted molar refractivity (Wildman–Crippen MR) is 109 cm³/mol. The van der Waals surface area contributed by atoms with Crippen LogP contribution in [0.4, 0.5) is 4.39 Å². The van der Waals surface area contributed by atoms with Crippen LogP contribution in [-0.4, -0.2) is 9.97 Å². The van der Waals surface area contributed by atoms with E-state index in [1.807, 2.05) is 60.8 Å². The van der Waals surface area contributed by atoms with Crippen LogP contribution in [0.2, 0.25) is 5.02 Å². The largest absolute Gasteiger partial charge is 0.359 e. The maximum atomic E-state index is 13.8. The Bertz CT molecular complexity index is 1290. The summed E-state index contributed by atoms with van der Waals surface area (Å²) < 4.78 is 13.8. The third-order valence-electron chi connectivity index (χ3n) is 4.78. The van der Waals surface area contributed by atoms with Crippen LogP contribution in [0.15, 0.2) is 79.0 Å². The van der Waals surface area contributed by atoms with Gasteiger partial charge in [0.15, 0.2) is 0 Å². The fourth-order valence-electron chi connectivity index (χ4n) is 3.55. The van der Waals surface area contributed by atoms with Crippen LogP contribution in [0, 0.1) is 5.82 Å². The van der Waals surface area contributed by atoms with Crippen molar-refractivity contribution in [3.8, 4) is 22.4 Å². The molecule has 0 fully saturated rings. The van der Waals surface area contributed by atoms with Crippen LogP contribution < -0.4 is 0 Å². The summed E-state index contributed by atoms with van der Waals surface area (Å²) in [7, 11) is 0. The average molecular weight is 373 g/mol. The maximum absolute atomic E-state index is 13.8. The molecule has 27 heavy (non-hydrogen) atoms. The molecule has 0 amide bonds. The first-order chi connectivity index (χ1) is 13.2. The van der Waals surface area contributed by atoms with E-state index in [0.29, 0.717) is 5.02 Å². The van der Waals surface area contributed by atoms with Gasteiger partial charge in [0.25, 0.3) is 0 Å². The molecule has 3 aromatic carbocycles. The van der Waals surface area contributed by atoms with Crippen molar-refractivity contribution in [3.05, 3.63) is 89.8 Å². The fraction of sp³-hybridized carbons (Fsp3) is 0. The number of nitrogens with zero attached hydrogens (tertiary/aromatic N) is 1. The molecule has 0 aliphatic rings. The maximum Gasteiger partial charge on any atom is 0.123 e. The van der Waals surface area contributed by atoms with Crippen molar-refractivity contribution >= 4 is 33.4 Å². The molecular formula is C23H14ClFN2. The van der Waals surface area contributed by atoms with Gasteiger partial charge < -0.3 is 4.98 Å². The van der Waals surface area contributed by atoms with Crippen molar-refractivity contribution in [2.75, 3.05) is 0 Å². The third-order valence-corrected chi connectivity index (χ3v) is 5.03. The van der Waals surface area contributed by atoms with E-state index in [4.69, 9.17) is 16.6 Å². The molecule has 2 aromatic heterocycles. The lowest BCUT2D eigenvalue weighted by Crippen LogP contribution is -1.89. The Hall–Kier alpha value is -3.17. The number of para-hydroxylation sites is 1. The molecule has 2 nitrogen and oxygen atoms in total. The molecule has 0 bridgehead atoms. The van der Waals surface area contributed by atoms with Crippen LogP contribution in [-0.2, 0) is 0 Å².